The molecular formula is C14H21ClN4O6S. The molecule has 0 aliphatic carbocycles. The highest BCUT2D eigenvalue weighted by atomic mass is 35.5. The molecule has 0 unspecified atom stereocenters. The molecule has 26 heavy (non-hydrogen) atoms. The number of ether oxygens (including phenoxy) is 1. The third kappa shape index (κ3) is 5.88. The zero-order valence-corrected chi connectivity index (χ0v) is 15.4. The van der Waals surface area contributed by atoms with E-state index in [-0.39, 0.29) is 48.1 Å². The van der Waals surface area contributed by atoms with E-state index in [0.29, 0.717) is 13.0 Å². The smallest absolute Gasteiger partial charge is 0.269 e. The van der Waals surface area contributed by atoms with Gasteiger partial charge in [0.2, 0.25) is 15.9 Å². The van der Waals surface area contributed by atoms with Gasteiger partial charge in [0.15, 0.2) is 0 Å². The van der Waals surface area contributed by atoms with E-state index in [1.165, 1.54) is 0 Å². The SMILES string of the molecule is Cl.NC[C@H]1CC[C@@H](C(=O)NCCNS(=O)(=O)c2ccc([N+](=O)[O-])cc2)O1. The van der Waals surface area contributed by atoms with E-state index in [2.05, 4.69) is 10.0 Å². The molecule has 0 spiro atoms. The second-order valence-corrected chi connectivity index (χ2v) is 7.27. The fraction of sp³-hybridized carbons (Fsp3) is 0.500. The lowest BCUT2D eigenvalue weighted by Crippen LogP contribution is -2.40. The summed E-state index contributed by atoms with van der Waals surface area (Å²) in [6.45, 7) is 0.440. The van der Waals surface area contributed by atoms with Crippen LogP contribution in [0.25, 0.3) is 0 Å². The molecular weight excluding hydrogens is 388 g/mol. The van der Waals surface area contributed by atoms with Crippen LogP contribution in [0.4, 0.5) is 5.69 Å². The lowest BCUT2D eigenvalue weighted by molar-refractivity contribution is -0.384. The van der Waals surface area contributed by atoms with Crippen LogP contribution in [0.5, 0.6) is 0 Å². The van der Waals surface area contributed by atoms with Gasteiger partial charge < -0.3 is 15.8 Å². The van der Waals surface area contributed by atoms with Gasteiger partial charge in [-0.2, -0.15) is 0 Å². The fourth-order valence-corrected chi connectivity index (χ4v) is 3.42. The van der Waals surface area contributed by atoms with Crippen molar-refractivity contribution in [2.24, 2.45) is 5.73 Å². The maximum Gasteiger partial charge on any atom is 0.269 e. The Labute approximate surface area is 157 Å². The van der Waals surface area contributed by atoms with Crippen molar-refractivity contribution >= 4 is 34.0 Å². The van der Waals surface area contributed by atoms with Crippen LogP contribution in [-0.4, -0.2) is 51.1 Å². The zero-order valence-electron chi connectivity index (χ0n) is 13.8. The molecule has 2 atom stereocenters. The van der Waals surface area contributed by atoms with Gasteiger partial charge in [0.1, 0.15) is 6.10 Å². The summed E-state index contributed by atoms with van der Waals surface area (Å²) in [7, 11) is -3.80. The average molecular weight is 409 g/mol. The van der Waals surface area contributed by atoms with Crippen LogP contribution in [0.1, 0.15) is 12.8 Å². The van der Waals surface area contributed by atoms with Gasteiger partial charge in [-0.1, -0.05) is 0 Å². The minimum absolute atomic E-state index is 0. The predicted octanol–water partition coefficient (Wildman–Crippen LogP) is -0.0826. The summed E-state index contributed by atoms with van der Waals surface area (Å²) in [6.07, 6.45) is 0.639. The van der Waals surface area contributed by atoms with Gasteiger partial charge in [0.05, 0.1) is 15.9 Å². The van der Waals surface area contributed by atoms with Crippen molar-refractivity contribution in [3.05, 3.63) is 34.4 Å². The molecule has 1 amide bonds. The van der Waals surface area contributed by atoms with Crippen molar-refractivity contribution in [3.8, 4) is 0 Å². The Bertz CT molecular complexity index is 727. The van der Waals surface area contributed by atoms with Gasteiger partial charge in [-0.15, -0.1) is 12.4 Å². The molecule has 12 heteroatoms. The first-order valence-corrected chi connectivity index (χ1v) is 9.19. The van der Waals surface area contributed by atoms with Gasteiger partial charge in [-0.25, -0.2) is 13.1 Å². The topological polar surface area (TPSA) is 154 Å². The molecule has 146 valence electrons. The molecule has 2 rings (SSSR count). The minimum Gasteiger partial charge on any atom is -0.364 e. The van der Waals surface area contributed by atoms with Crippen molar-refractivity contribution < 1.29 is 22.9 Å². The van der Waals surface area contributed by atoms with E-state index in [1.807, 2.05) is 0 Å². The number of nitro groups is 1. The predicted molar refractivity (Wildman–Crippen MR) is 95.5 cm³/mol. The average Bonchev–Trinajstić information content (AvgIpc) is 3.08. The molecule has 1 aliphatic heterocycles. The Hall–Kier alpha value is -1.79. The number of non-ortho nitro benzene ring substituents is 1. The Morgan fingerprint density at radius 3 is 2.46 bits per heavy atom. The van der Waals surface area contributed by atoms with Gasteiger partial charge in [-0.3, -0.25) is 14.9 Å². The Balaban J connectivity index is 0.00000338. The van der Waals surface area contributed by atoms with Crippen LogP contribution >= 0.6 is 12.4 Å². The van der Waals surface area contributed by atoms with E-state index in [0.717, 1.165) is 30.7 Å². The molecule has 10 nitrogen and oxygen atoms in total. The summed E-state index contributed by atoms with van der Waals surface area (Å²) >= 11 is 0. The Morgan fingerprint density at radius 2 is 1.92 bits per heavy atom. The summed E-state index contributed by atoms with van der Waals surface area (Å²) in [5.74, 6) is -0.300. The maximum absolute atomic E-state index is 12.1. The van der Waals surface area contributed by atoms with Crippen LogP contribution < -0.4 is 15.8 Å². The highest BCUT2D eigenvalue weighted by molar-refractivity contribution is 7.89. The number of rotatable bonds is 8. The third-order valence-corrected chi connectivity index (χ3v) is 5.21. The quantitative estimate of drug-likeness (QED) is 0.308. The van der Waals surface area contributed by atoms with Crippen LogP contribution in [-0.2, 0) is 19.6 Å². The summed E-state index contributed by atoms with van der Waals surface area (Å²) in [5, 5.41) is 13.2. The van der Waals surface area contributed by atoms with Gasteiger partial charge in [0, 0.05) is 31.8 Å². The van der Waals surface area contributed by atoms with Gasteiger partial charge in [-0.05, 0) is 25.0 Å². The molecule has 0 aromatic heterocycles. The summed E-state index contributed by atoms with van der Waals surface area (Å²) in [5.41, 5.74) is 5.28. The molecule has 0 bridgehead atoms. The number of nitro benzene ring substituents is 1. The standard InChI is InChI=1S/C14H20N4O6S.ClH/c15-9-11-3-6-13(24-11)14(19)16-7-8-17-25(22,23)12-4-1-10(2-5-12)18(20)21;/h1-2,4-5,11,13,17H,3,6-9,15H2,(H,16,19);1H/t11-,13+;/m1./s1. The molecule has 1 aromatic carbocycles. The third-order valence-electron chi connectivity index (χ3n) is 3.74. The van der Waals surface area contributed by atoms with Crippen LogP contribution in [0, 0.1) is 10.1 Å². The van der Waals surface area contributed by atoms with Crippen LogP contribution in [0.2, 0.25) is 0 Å². The first-order chi connectivity index (χ1) is 11.8. The number of nitrogens with two attached hydrogens (primary N) is 1. The number of sulfonamides is 1. The Morgan fingerprint density at radius 1 is 1.27 bits per heavy atom. The van der Waals surface area contributed by atoms with E-state index in [4.69, 9.17) is 10.5 Å². The summed E-state index contributed by atoms with van der Waals surface area (Å²) in [4.78, 5) is 21.8. The van der Waals surface area contributed by atoms with Crippen LogP contribution in [0.3, 0.4) is 0 Å². The molecule has 1 saturated heterocycles. The van der Waals surface area contributed by atoms with E-state index >= 15 is 0 Å². The van der Waals surface area contributed by atoms with Gasteiger partial charge >= 0.3 is 0 Å². The number of hydrogen-bond donors (Lipinski definition) is 3. The number of hydrogen-bond acceptors (Lipinski definition) is 7. The highest BCUT2D eigenvalue weighted by Gasteiger charge is 2.29. The fourth-order valence-electron chi connectivity index (χ4n) is 2.39. The number of nitrogens with zero attached hydrogens (tertiary/aromatic N) is 1. The number of amides is 1. The highest BCUT2D eigenvalue weighted by Crippen LogP contribution is 2.18. The molecule has 0 radical (unpaired) electrons. The summed E-state index contributed by atoms with van der Waals surface area (Å²) in [6, 6.07) is 4.53. The normalized spacial score (nSPS) is 19.6. The minimum atomic E-state index is -3.80. The molecule has 1 fully saturated rings. The number of halogens is 1. The van der Waals surface area contributed by atoms with E-state index < -0.39 is 21.1 Å². The van der Waals surface area contributed by atoms with Crippen molar-refractivity contribution in [2.75, 3.05) is 19.6 Å². The molecule has 0 saturated carbocycles. The monoisotopic (exact) mass is 408 g/mol. The maximum atomic E-state index is 12.1. The van der Waals surface area contributed by atoms with Crippen LogP contribution in [0.15, 0.2) is 29.2 Å². The second kappa shape index (κ2) is 9.78. The number of benzene rings is 1. The van der Waals surface area contributed by atoms with Crippen molar-refractivity contribution in [1.82, 2.24) is 10.0 Å². The Kier molecular flexibility index (Phi) is 8.37. The lowest BCUT2D eigenvalue weighted by atomic mass is 10.2. The van der Waals surface area contributed by atoms with E-state index in [9.17, 15) is 23.3 Å². The first kappa shape index (κ1) is 22.3. The molecule has 1 aliphatic rings. The first-order valence-electron chi connectivity index (χ1n) is 7.71. The number of carbonyl (C=O) groups excluding carboxylic acids is 1. The van der Waals surface area contributed by atoms with Crippen molar-refractivity contribution in [1.29, 1.82) is 0 Å². The second-order valence-electron chi connectivity index (χ2n) is 5.50. The van der Waals surface area contributed by atoms with Gasteiger partial charge in [0.25, 0.3) is 5.69 Å². The number of carbonyl (C=O) groups is 1. The lowest BCUT2D eigenvalue weighted by Gasteiger charge is -2.13. The molecule has 1 aromatic rings. The van der Waals surface area contributed by atoms with Crippen molar-refractivity contribution in [2.45, 2.75) is 29.9 Å². The molecule has 4 N–H and O–H groups in total. The summed E-state index contributed by atoms with van der Waals surface area (Å²) < 4.78 is 31.9. The van der Waals surface area contributed by atoms with Crippen molar-refractivity contribution in [3.63, 3.8) is 0 Å². The number of nitrogens with one attached hydrogen (secondary N) is 2. The zero-order chi connectivity index (χ0) is 18.4. The van der Waals surface area contributed by atoms with E-state index in [1.54, 1.807) is 0 Å². The molecule has 1 heterocycles. The largest absolute Gasteiger partial charge is 0.364 e.